The second kappa shape index (κ2) is 18.9. The largest absolute Gasteiger partial charge is 0.513 e. The van der Waals surface area contributed by atoms with E-state index < -0.39 is 8.07 Å². The van der Waals surface area contributed by atoms with Gasteiger partial charge in [0, 0.05) is 48.6 Å². The second-order valence-corrected chi connectivity index (χ2v) is 24.6. The summed E-state index contributed by atoms with van der Waals surface area (Å²) >= 11 is 0. The van der Waals surface area contributed by atoms with Gasteiger partial charge in [0.05, 0.1) is 35.9 Å². The molecular weight excluding hydrogens is 1000 g/mol. The van der Waals surface area contributed by atoms with Crippen LogP contribution in [0.3, 0.4) is 0 Å². The fourth-order valence-electron chi connectivity index (χ4n) is 8.87. The number of rotatable bonds is 8. The number of hydrogen-bond donors (Lipinski definition) is 0. The van der Waals surface area contributed by atoms with Crippen molar-refractivity contribution in [1.82, 2.24) is 19.5 Å². The Balaban J connectivity index is 0.000000238. The third kappa shape index (κ3) is 9.26. The molecule has 0 aliphatic heterocycles. The molecule has 0 atom stereocenters. The molecule has 10 aromatic rings. The van der Waals surface area contributed by atoms with E-state index in [0.29, 0.717) is 11.5 Å². The first-order valence-electron chi connectivity index (χ1n) is 22.7. The summed E-state index contributed by atoms with van der Waals surface area (Å²) in [5.41, 5.74) is 16.6. The van der Waals surface area contributed by atoms with Crippen LogP contribution in [-0.2, 0) is 31.9 Å². The van der Waals surface area contributed by atoms with Crippen molar-refractivity contribution < 1.29 is 24.5 Å². The number of pyridine rings is 2. The molecule has 1 radical (unpaired) electrons. The van der Waals surface area contributed by atoms with E-state index in [1.165, 1.54) is 16.3 Å². The molecule has 10 rings (SSSR count). The van der Waals surface area contributed by atoms with Gasteiger partial charge >= 0.3 is 0 Å². The molecule has 0 amide bonds. The molecule has 4 heterocycles. The molecule has 0 bridgehead atoms. The fraction of sp³-hybridized carbons (Fsp3) is 0.203. The van der Waals surface area contributed by atoms with E-state index in [-0.39, 0.29) is 25.5 Å². The Labute approximate surface area is 404 Å². The first-order chi connectivity index (χ1) is 31.3. The van der Waals surface area contributed by atoms with Crippen molar-refractivity contribution in [3.05, 3.63) is 187 Å². The number of hydrogen-bond acceptors (Lipinski definition) is 4. The summed E-state index contributed by atoms with van der Waals surface area (Å²) in [6, 6.07) is 57.6. The van der Waals surface area contributed by atoms with Gasteiger partial charge in [-0.25, -0.2) is 0 Å². The summed E-state index contributed by atoms with van der Waals surface area (Å²) in [7, 11) is -1.34. The van der Waals surface area contributed by atoms with Crippen molar-refractivity contribution in [2.24, 2.45) is 5.92 Å². The molecule has 0 fully saturated rings. The molecule has 6 aromatic carbocycles. The Morgan fingerprint density at radius 2 is 1.38 bits per heavy atom. The Bertz CT molecular complexity index is 3230. The van der Waals surface area contributed by atoms with E-state index in [2.05, 4.69) is 198 Å². The Morgan fingerprint density at radius 1 is 0.727 bits per heavy atom. The average molecular weight is 1060 g/mol. The van der Waals surface area contributed by atoms with Crippen molar-refractivity contribution in [3.8, 4) is 50.6 Å². The van der Waals surface area contributed by atoms with Crippen molar-refractivity contribution in [1.29, 1.82) is 0 Å². The van der Waals surface area contributed by atoms with Crippen LogP contribution in [0.5, 0.6) is 0 Å². The average Bonchev–Trinajstić information content (AvgIpc) is 3.88. The first kappa shape index (κ1) is 46.3. The summed E-state index contributed by atoms with van der Waals surface area (Å²) in [5.74, 6) is 1.43. The zero-order valence-electron chi connectivity index (χ0n) is 39.3. The van der Waals surface area contributed by atoms with Gasteiger partial charge in [-0.15, -0.1) is 47.5 Å². The normalized spacial score (nSPS) is 11.8. The molecule has 66 heavy (non-hydrogen) atoms. The quantitative estimate of drug-likeness (QED) is 0.112. The maximum Gasteiger partial charge on any atom is 0.119 e. The van der Waals surface area contributed by atoms with Crippen LogP contribution in [0.1, 0.15) is 51.3 Å². The van der Waals surface area contributed by atoms with E-state index in [1.807, 2.05) is 36.4 Å². The zero-order chi connectivity index (χ0) is 45.5. The summed E-state index contributed by atoms with van der Waals surface area (Å²) in [4.78, 5) is 14.7. The Hall–Kier alpha value is -6.24. The van der Waals surface area contributed by atoms with Crippen molar-refractivity contribution in [2.75, 3.05) is 0 Å². The van der Waals surface area contributed by atoms with Crippen LogP contribution in [0, 0.1) is 25.0 Å². The van der Waals surface area contributed by atoms with E-state index in [4.69, 9.17) is 14.4 Å². The molecule has 0 saturated heterocycles. The number of nitrogens with zero attached hydrogens (tertiary/aromatic N) is 4. The Morgan fingerprint density at radius 3 is 2.00 bits per heavy atom. The minimum Gasteiger partial charge on any atom is -0.513 e. The number of imidazole rings is 1. The van der Waals surface area contributed by atoms with Gasteiger partial charge in [-0.05, 0) is 94.3 Å². The standard InChI is InChI=1S/C41H32N3O.C18H24NSi.Ir/c1-26-14-13-21-35-36(26)37-39(45-35)30(22-23-42-37)40-43-33-19-11-12-20-34(33)44(40)38-31(27-15-7-5-8-16-27)24-29(41(2,3)4)25-32(38)28-17-9-6-10-18-28;1-14(2)11-16-12-17(15-9-7-6-8-10-15)19-13-18(16)20(3,4)5;/h5-21,23-25H,1-4H3;6-9,12-14H,11H2,1-5H3;/q2*-1;. The molecule has 0 aliphatic rings. The monoisotopic (exact) mass is 1060 g/mol. The third-order valence-electron chi connectivity index (χ3n) is 12.1. The molecule has 0 unspecified atom stereocenters. The molecule has 4 aromatic heterocycles. The van der Waals surface area contributed by atoms with E-state index in [1.54, 1.807) is 6.20 Å². The number of furan rings is 1. The molecule has 0 spiro atoms. The van der Waals surface area contributed by atoms with Crippen LogP contribution >= 0.6 is 0 Å². The molecule has 0 aliphatic carbocycles. The maximum absolute atomic E-state index is 6.55. The topological polar surface area (TPSA) is 56.7 Å². The maximum atomic E-state index is 6.55. The smallest absolute Gasteiger partial charge is 0.119 e. The SMILES string of the molecule is CC(C)Cc1cc(-c2[c-]cccc2)ncc1[Si](C)(C)C.Cc1cccc2oc3c(-c4nc5ccccc5n4-c4c(-c5ccccc5)cc(C(C)(C)C)cc4-c4ccccc4)[c-]cnc3c12.[Ir]. The van der Waals surface area contributed by atoms with Crippen LogP contribution in [0.25, 0.3) is 83.7 Å². The van der Waals surface area contributed by atoms with Crippen molar-refractivity contribution >= 4 is 46.4 Å². The van der Waals surface area contributed by atoms with Gasteiger partial charge < -0.3 is 14.0 Å². The van der Waals surface area contributed by atoms with Gasteiger partial charge in [0.25, 0.3) is 0 Å². The van der Waals surface area contributed by atoms with E-state index in [9.17, 15) is 0 Å². The number of aryl methyl sites for hydroxylation is 1. The summed E-state index contributed by atoms with van der Waals surface area (Å²) < 4.78 is 8.86. The molecule has 5 nitrogen and oxygen atoms in total. The summed E-state index contributed by atoms with van der Waals surface area (Å²) in [5, 5.41) is 2.51. The van der Waals surface area contributed by atoms with Crippen LogP contribution in [-0.4, -0.2) is 27.6 Å². The van der Waals surface area contributed by atoms with Crippen molar-refractivity contribution in [2.45, 2.75) is 73.0 Å². The van der Waals surface area contributed by atoms with E-state index >= 15 is 0 Å². The van der Waals surface area contributed by atoms with Gasteiger partial charge in [-0.1, -0.05) is 151 Å². The minimum absolute atomic E-state index is 0. The van der Waals surface area contributed by atoms with Crippen molar-refractivity contribution in [3.63, 3.8) is 0 Å². The van der Waals surface area contributed by atoms with Crippen LogP contribution in [0.2, 0.25) is 19.6 Å². The van der Waals surface area contributed by atoms with E-state index in [0.717, 1.165) is 90.1 Å². The third-order valence-corrected chi connectivity index (χ3v) is 14.2. The predicted octanol–water partition coefficient (Wildman–Crippen LogP) is 15.0. The number of aromatic nitrogens is 4. The van der Waals surface area contributed by atoms with Gasteiger partial charge in [0.15, 0.2) is 0 Å². The zero-order valence-corrected chi connectivity index (χ0v) is 42.7. The molecule has 333 valence electrons. The molecule has 7 heteroatoms. The summed E-state index contributed by atoms with van der Waals surface area (Å²) in [6.07, 6.45) is 4.99. The van der Waals surface area contributed by atoms with Crippen LogP contribution < -0.4 is 5.19 Å². The minimum atomic E-state index is -1.34. The van der Waals surface area contributed by atoms with Gasteiger partial charge in [-0.2, -0.15) is 0 Å². The van der Waals surface area contributed by atoms with Crippen LogP contribution in [0.4, 0.5) is 0 Å². The molecular formula is C59H56IrN4OSi-2. The molecule has 0 N–H and O–H groups in total. The van der Waals surface area contributed by atoms with Gasteiger partial charge in [0.2, 0.25) is 0 Å². The first-order valence-corrected chi connectivity index (χ1v) is 26.2. The summed E-state index contributed by atoms with van der Waals surface area (Å²) in [6.45, 7) is 20.7. The number of para-hydroxylation sites is 2. The predicted molar refractivity (Wildman–Crippen MR) is 275 cm³/mol. The second-order valence-electron chi connectivity index (χ2n) is 19.5. The number of fused-ring (bicyclic) bond motifs is 4. The van der Waals surface area contributed by atoms with Gasteiger partial charge in [-0.3, -0.25) is 9.97 Å². The Kier molecular flexibility index (Phi) is 13.3. The molecule has 0 saturated carbocycles. The fourth-order valence-corrected chi connectivity index (χ4v) is 10.5. The van der Waals surface area contributed by atoms with Gasteiger partial charge in [0.1, 0.15) is 5.58 Å². The number of benzene rings is 6. The van der Waals surface area contributed by atoms with Crippen LogP contribution in [0.15, 0.2) is 162 Å².